The lowest BCUT2D eigenvalue weighted by molar-refractivity contribution is -0.142. The van der Waals surface area contributed by atoms with Crippen LogP contribution in [0, 0.1) is 0 Å². The molecule has 0 aliphatic heterocycles. The average molecular weight is 252 g/mol. The SMILES string of the molecule is COC(=O)CN(Cc1cn(C)nn1)C1CCCC1. The summed E-state index contributed by atoms with van der Waals surface area (Å²) in [7, 11) is 3.27. The lowest BCUT2D eigenvalue weighted by Gasteiger charge is -2.26. The molecule has 18 heavy (non-hydrogen) atoms. The van der Waals surface area contributed by atoms with Gasteiger partial charge in [0, 0.05) is 25.8 Å². The van der Waals surface area contributed by atoms with Crippen LogP contribution >= 0.6 is 0 Å². The predicted octanol–water partition coefficient (Wildman–Crippen LogP) is 0.733. The van der Waals surface area contributed by atoms with E-state index in [0.29, 0.717) is 19.1 Å². The van der Waals surface area contributed by atoms with Crippen LogP contribution in [0.2, 0.25) is 0 Å². The maximum absolute atomic E-state index is 11.5. The van der Waals surface area contributed by atoms with Crippen molar-refractivity contribution in [2.24, 2.45) is 7.05 Å². The fourth-order valence-corrected chi connectivity index (χ4v) is 2.49. The van der Waals surface area contributed by atoms with Crippen LogP contribution in [0.4, 0.5) is 0 Å². The molecule has 1 heterocycles. The van der Waals surface area contributed by atoms with E-state index in [9.17, 15) is 4.79 Å². The fraction of sp³-hybridized carbons (Fsp3) is 0.750. The molecule has 0 saturated heterocycles. The van der Waals surface area contributed by atoms with E-state index in [1.807, 2.05) is 13.2 Å². The molecule has 2 rings (SSSR count). The number of aromatic nitrogens is 3. The molecule has 1 aromatic rings. The second-order valence-electron chi connectivity index (χ2n) is 4.80. The molecule has 1 aliphatic rings. The summed E-state index contributed by atoms with van der Waals surface area (Å²) in [4.78, 5) is 13.6. The highest BCUT2D eigenvalue weighted by molar-refractivity contribution is 5.71. The van der Waals surface area contributed by atoms with E-state index in [0.717, 1.165) is 18.5 Å². The van der Waals surface area contributed by atoms with Crippen molar-refractivity contribution in [3.8, 4) is 0 Å². The van der Waals surface area contributed by atoms with Crippen molar-refractivity contribution >= 4 is 5.97 Å². The Kier molecular flexibility index (Phi) is 4.30. The molecule has 1 fully saturated rings. The zero-order valence-corrected chi connectivity index (χ0v) is 11.0. The van der Waals surface area contributed by atoms with E-state index in [2.05, 4.69) is 15.2 Å². The molecule has 0 aromatic carbocycles. The highest BCUT2D eigenvalue weighted by Gasteiger charge is 2.25. The van der Waals surface area contributed by atoms with Gasteiger partial charge < -0.3 is 4.74 Å². The molecule has 0 unspecified atom stereocenters. The number of nitrogens with zero attached hydrogens (tertiary/aromatic N) is 4. The molecular weight excluding hydrogens is 232 g/mol. The van der Waals surface area contributed by atoms with Crippen LogP contribution in [-0.2, 0) is 23.1 Å². The molecule has 6 heteroatoms. The summed E-state index contributed by atoms with van der Waals surface area (Å²) in [6.45, 7) is 0.991. The van der Waals surface area contributed by atoms with E-state index in [4.69, 9.17) is 4.74 Å². The lowest BCUT2D eigenvalue weighted by Crippen LogP contribution is -2.37. The van der Waals surface area contributed by atoms with Gasteiger partial charge in [-0.3, -0.25) is 14.4 Å². The smallest absolute Gasteiger partial charge is 0.319 e. The van der Waals surface area contributed by atoms with Crippen LogP contribution in [0.15, 0.2) is 6.20 Å². The third-order valence-corrected chi connectivity index (χ3v) is 3.42. The maximum atomic E-state index is 11.5. The summed E-state index contributed by atoms with van der Waals surface area (Å²) in [5.41, 5.74) is 0.897. The number of methoxy groups -OCH3 is 1. The largest absolute Gasteiger partial charge is 0.468 e. The van der Waals surface area contributed by atoms with Gasteiger partial charge in [-0.05, 0) is 12.8 Å². The number of carbonyl (C=O) groups excluding carboxylic acids is 1. The average Bonchev–Trinajstić information content (AvgIpc) is 2.99. The Morgan fingerprint density at radius 2 is 2.28 bits per heavy atom. The number of ether oxygens (including phenoxy) is 1. The van der Waals surface area contributed by atoms with Crippen LogP contribution < -0.4 is 0 Å². The van der Waals surface area contributed by atoms with Crippen molar-refractivity contribution in [3.63, 3.8) is 0 Å². The minimum absolute atomic E-state index is 0.189. The second kappa shape index (κ2) is 5.95. The van der Waals surface area contributed by atoms with Crippen LogP contribution in [-0.4, -0.2) is 45.6 Å². The molecule has 0 radical (unpaired) electrons. The van der Waals surface area contributed by atoms with Crippen LogP contribution in [0.5, 0.6) is 0 Å². The number of esters is 1. The fourth-order valence-electron chi connectivity index (χ4n) is 2.49. The molecule has 0 N–H and O–H groups in total. The van der Waals surface area contributed by atoms with Crippen molar-refractivity contribution in [1.82, 2.24) is 19.9 Å². The third kappa shape index (κ3) is 3.29. The minimum atomic E-state index is -0.189. The Bertz CT molecular complexity index is 399. The van der Waals surface area contributed by atoms with Gasteiger partial charge in [0.15, 0.2) is 0 Å². The summed E-state index contributed by atoms with van der Waals surface area (Å²) in [6, 6.07) is 0.464. The Labute approximate surface area is 107 Å². The van der Waals surface area contributed by atoms with Gasteiger partial charge in [-0.15, -0.1) is 5.10 Å². The topological polar surface area (TPSA) is 60.2 Å². The van der Waals surface area contributed by atoms with Gasteiger partial charge >= 0.3 is 5.97 Å². The zero-order chi connectivity index (χ0) is 13.0. The number of hydrogen-bond acceptors (Lipinski definition) is 5. The Hall–Kier alpha value is -1.43. The molecule has 1 aliphatic carbocycles. The van der Waals surface area contributed by atoms with Gasteiger partial charge in [-0.25, -0.2) is 0 Å². The quantitative estimate of drug-likeness (QED) is 0.723. The zero-order valence-electron chi connectivity index (χ0n) is 11.0. The van der Waals surface area contributed by atoms with E-state index >= 15 is 0 Å². The molecule has 0 spiro atoms. The van der Waals surface area contributed by atoms with Crippen LogP contribution in [0.3, 0.4) is 0 Å². The summed E-state index contributed by atoms with van der Waals surface area (Å²) < 4.78 is 6.44. The number of hydrogen-bond donors (Lipinski definition) is 0. The highest BCUT2D eigenvalue weighted by atomic mass is 16.5. The molecule has 100 valence electrons. The minimum Gasteiger partial charge on any atom is -0.468 e. The third-order valence-electron chi connectivity index (χ3n) is 3.42. The molecule has 0 amide bonds. The molecule has 6 nitrogen and oxygen atoms in total. The van der Waals surface area contributed by atoms with Gasteiger partial charge in [0.1, 0.15) is 0 Å². The van der Waals surface area contributed by atoms with Crippen molar-refractivity contribution < 1.29 is 9.53 Å². The van der Waals surface area contributed by atoms with Crippen molar-refractivity contribution in [2.45, 2.75) is 38.3 Å². The van der Waals surface area contributed by atoms with E-state index in [1.165, 1.54) is 20.0 Å². The lowest BCUT2D eigenvalue weighted by atomic mass is 10.2. The van der Waals surface area contributed by atoms with Crippen molar-refractivity contribution in [2.75, 3.05) is 13.7 Å². The van der Waals surface area contributed by atoms with E-state index < -0.39 is 0 Å². The standard InChI is InChI=1S/C12H20N4O2/c1-15-7-10(13-14-15)8-16(9-12(17)18-2)11-5-3-4-6-11/h7,11H,3-6,8-9H2,1-2H3. The normalized spacial score (nSPS) is 16.4. The molecular formula is C12H20N4O2. The van der Waals surface area contributed by atoms with Crippen molar-refractivity contribution in [3.05, 3.63) is 11.9 Å². The first-order chi connectivity index (χ1) is 8.69. The Morgan fingerprint density at radius 3 is 2.83 bits per heavy atom. The summed E-state index contributed by atoms with van der Waals surface area (Å²) in [5, 5.41) is 8.00. The second-order valence-corrected chi connectivity index (χ2v) is 4.80. The van der Waals surface area contributed by atoms with Gasteiger partial charge in [-0.2, -0.15) is 0 Å². The molecule has 1 aromatic heterocycles. The summed E-state index contributed by atoms with van der Waals surface area (Å²) in [5.74, 6) is -0.189. The van der Waals surface area contributed by atoms with Gasteiger partial charge in [0.05, 0.1) is 19.3 Å². The summed E-state index contributed by atoms with van der Waals surface area (Å²) >= 11 is 0. The predicted molar refractivity (Wildman–Crippen MR) is 65.7 cm³/mol. The van der Waals surface area contributed by atoms with Crippen LogP contribution in [0.1, 0.15) is 31.4 Å². The van der Waals surface area contributed by atoms with E-state index in [-0.39, 0.29) is 5.97 Å². The maximum Gasteiger partial charge on any atom is 0.319 e. The number of rotatable bonds is 5. The number of aryl methyl sites for hydroxylation is 1. The monoisotopic (exact) mass is 252 g/mol. The first-order valence-corrected chi connectivity index (χ1v) is 6.35. The Morgan fingerprint density at radius 1 is 1.56 bits per heavy atom. The van der Waals surface area contributed by atoms with Gasteiger partial charge in [0.2, 0.25) is 0 Å². The first-order valence-electron chi connectivity index (χ1n) is 6.35. The Balaban J connectivity index is 2.01. The molecule has 0 bridgehead atoms. The molecule has 0 atom stereocenters. The highest BCUT2D eigenvalue weighted by Crippen LogP contribution is 2.24. The van der Waals surface area contributed by atoms with E-state index in [1.54, 1.807) is 4.68 Å². The summed E-state index contributed by atoms with van der Waals surface area (Å²) in [6.07, 6.45) is 6.67. The number of carbonyl (C=O) groups is 1. The first kappa shape index (κ1) is 13.0. The molecule has 1 saturated carbocycles. The van der Waals surface area contributed by atoms with Crippen LogP contribution in [0.25, 0.3) is 0 Å². The van der Waals surface area contributed by atoms with Crippen molar-refractivity contribution in [1.29, 1.82) is 0 Å². The van der Waals surface area contributed by atoms with Gasteiger partial charge in [0.25, 0.3) is 0 Å². The van der Waals surface area contributed by atoms with Gasteiger partial charge in [-0.1, -0.05) is 18.1 Å².